The maximum atomic E-state index is 12.6. The summed E-state index contributed by atoms with van der Waals surface area (Å²) < 4.78 is 5.13. The highest BCUT2D eigenvalue weighted by Crippen LogP contribution is 2.21. The van der Waals surface area contributed by atoms with Crippen molar-refractivity contribution in [3.05, 3.63) is 53.6 Å². The summed E-state index contributed by atoms with van der Waals surface area (Å²) in [6.45, 7) is 2.89. The van der Waals surface area contributed by atoms with Gasteiger partial charge in [0.05, 0.1) is 6.61 Å². The number of aliphatic hydroxyl groups is 4. The summed E-state index contributed by atoms with van der Waals surface area (Å²) >= 11 is 0. The third-order valence-corrected chi connectivity index (χ3v) is 5.22. The van der Waals surface area contributed by atoms with Crippen LogP contribution in [0.3, 0.4) is 0 Å². The molecule has 10 nitrogen and oxygen atoms in total. The molecular weight excluding hydrogens is 432 g/mol. The molecule has 0 aliphatic carbocycles. The average Bonchev–Trinajstić information content (AvgIpc) is 2.80. The highest BCUT2D eigenvalue weighted by molar-refractivity contribution is 5.99. The number of ketones is 1. The molecule has 33 heavy (non-hydrogen) atoms. The van der Waals surface area contributed by atoms with Crippen LogP contribution in [0.15, 0.2) is 48.1 Å². The smallest absolute Gasteiger partial charge is 0.267 e. The van der Waals surface area contributed by atoms with Gasteiger partial charge >= 0.3 is 0 Å². The summed E-state index contributed by atoms with van der Waals surface area (Å²) in [4.78, 5) is 31.5. The Bertz CT molecular complexity index is 866. The van der Waals surface area contributed by atoms with Crippen LogP contribution in [0.2, 0.25) is 0 Å². The minimum atomic E-state index is -1.63. The molecular formula is C23H32N2O8. The monoisotopic (exact) mass is 464 g/mol. The van der Waals surface area contributed by atoms with E-state index < -0.39 is 49.1 Å². The summed E-state index contributed by atoms with van der Waals surface area (Å²) in [7, 11) is 3.84. The largest absolute Gasteiger partial charge is 0.394 e. The number of benzene rings is 1. The topological polar surface area (TPSA) is 149 Å². The number of nitrogens with one attached hydrogen (secondary N) is 1. The Morgan fingerprint density at radius 2 is 1.76 bits per heavy atom. The number of ether oxygens (including phenoxy) is 1. The maximum Gasteiger partial charge on any atom is 0.267 e. The first kappa shape index (κ1) is 26.7. The second kappa shape index (κ2) is 12.0. The molecule has 6 unspecified atom stereocenters. The molecule has 0 aromatic heterocycles. The molecule has 1 heterocycles. The van der Waals surface area contributed by atoms with E-state index in [1.807, 2.05) is 31.1 Å². The molecule has 1 saturated heterocycles. The summed E-state index contributed by atoms with van der Waals surface area (Å²) in [5.74, 6) is -1.14. The van der Waals surface area contributed by atoms with Gasteiger partial charge in [0.15, 0.2) is 5.78 Å². The molecule has 1 amide bonds. The van der Waals surface area contributed by atoms with Crippen LogP contribution in [0.4, 0.5) is 5.69 Å². The van der Waals surface area contributed by atoms with Crippen molar-refractivity contribution in [2.75, 3.05) is 25.6 Å². The number of rotatable bonds is 9. The second-order valence-electron chi connectivity index (χ2n) is 8.12. The number of carbonyl (C=O) groups excluding carboxylic acids is 2. The van der Waals surface area contributed by atoms with Crippen LogP contribution in [-0.2, 0) is 14.4 Å². The lowest BCUT2D eigenvalue weighted by Gasteiger charge is -2.38. The van der Waals surface area contributed by atoms with Gasteiger partial charge < -0.3 is 30.1 Å². The number of hydrogen-bond donors (Lipinski definition) is 5. The van der Waals surface area contributed by atoms with Gasteiger partial charge in [0.1, 0.15) is 24.4 Å². The predicted molar refractivity (Wildman–Crippen MR) is 120 cm³/mol. The number of aliphatic hydroxyl groups excluding tert-OH is 4. The number of anilines is 1. The maximum absolute atomic E-state index is 12.6. The lowest BCUT2D eigenvalue weighted by Crippen LogP contribution is -2.60. The van der Waals surface area contributed by atoms with E-state index in [4.69, 9.17) is 14.7 Å². The summed E-state index contributed by atoms with van der Waals surface area (Å²) in [5, 5.41) is 38.5. The predicted octanol–water partition coefficient (Wildman–Crippen LogP) is -0.0784. The molecule has 1 aliphatic rings. The number of amides is 1. The molecule has 0 bridgehead atoms. The van der Waals surface area contributed by atoms with E-state index in [-0.39, 0.29) is 5.78 Å². The van der Waals surface area contributed by atoms with Gasteiger partial charge in [0.2, 0.25) is 6.29 Å². The zero-order valence-electron chi connectivity index (χ0n) is 19.1. The van der Waals surface area contributed by atoms with Gasteiger partial charge in [-0.3, -0.25) is 9.59 Å². The fraction of sp³-hybridized carbons (Fsp3) is 0.478. The van der Waals surface area contributed by atoms with Gasteiger partial charge in [0.25, 0.3) is 5.91 Å². The van der Waals surface area contributed by atoms with Crippen molar-refractivity contribution in [2.45, 2.75) is 44.6 Å². The van der Waals surface area contributed by atoms with Gasteiger partial charge in [-0.25, -0.2) is 10.3 Å². The Labute approximate surface area is 192 Å². The van der Waals surface area contributed by atoms with E-state index >= 15 is 0 Å². The number of nitrogens with zero attached hydrogens (tertiary/aromatic N) is 1. The van der Waals surface area contributed by atoms with Crippen molar-refractivity contribution in [1.29, 1.82) is 0 Å². The molecule has 1 fully saturated rings. The zero-order chi connectivity index (χ0) is 24.7. The van der Waals surface area contributed by atoms with Gasteiger partial charge in [-0.15, -0.1) is 0 Å². The average molecular weight is 465 g/mol. The Morgan fingerprint density at radius 3 is 2.33 bits per heavy atom. The Morgan fingerprint density at radius 1 is 1.12 bits per heavy atom. The quantitative estimate of drug-likeness (QED) is 0.146. The number of Topliss-reactive ketones (excluding diaryl/α,β-unsaturated/α-hetero) is 1. The Hall–Kier alpha value is -2.60. The first-order valence-electron chi connectivity index (χ1n) is 10.5. The molecule has 0 radical (unpaired) electrons. The lowest BCUT2D eigenvalue weighted by molar-refractivity contribution is -0.312. The summed E-state index contributed by atoms with van der Waals surface area (Å²) in [6.07, 6.45) is -3.02. The Kier molecular flexibility index (Phi) is 9.71. The van der Waals surface area contributed by atoms with E-state index in [0.29, 0.717) is 11.1 Å². The molecule has 1 aliphatic heterocycles. The van der Waals surface area contributed by atoms with Gasteiger partial charge in [-0.05, 0) is 31.2 Å². The molecule has 6 atom stereocenters. The summed E-state index contributed by atoms with van der Waals surface area (Å²) in [5.41, 5.74) is 4.30. The van der Waals surface area contributed by atoms with Crippen molar-refractivity contribution in [3.63, 3.8) is 0 Å². The molecule has 2 rings (SSSR count). The first-order chi connectivity index (χ1) is 15.5. The normalized spacial score (nSPS) is 26.8. The van der Waals surface area contributed by atoms with Crippen LogP contribution in [0.5, 0.6) is 0 Å². The van der Waals surface area contributed by atoms with E-state index in [1.165, 1.54) is 12.2 Å². The SMILES string of the molecule is CC(/C=C/C(=O)NOC1OC(CO)C(O)C(O)C1O)=C\C(C)C(=O)c1ccc(N(C)C)cc1. The molecule has 0 saturated carbocycles. The summed E-state index contributed by atoms with van der Waals surface area (Å²) in [6, 6.07) is 7.29. The molecule has 0 spiro atoms. The fourth-order valence-corrected chi connectivity index (χ4v) is 3.23. The van der Waals surface area contributed by atoms with Crippen molar-refractivity contribution in [2.24, 2.45) is 5.92 Å². The van der Waals surface area contributed by atoms with E-state index in [0.717, 1.165) is 5.69 Å². The third-order valence-electron chi connectivity index (χ3n) is 5.22. The van der Waals surface area contributed by atoms with Crippen LogP contribution < -0.4 is 10.4 Å². The number of hydroxylamine groups is 1. The second-order valence-corrected chi connectivity index (χ2v) is 8.12. The Balaban J connectivity index is 1.89. The van der Waals surface area contributed by atoms with Gasteiger partial charge in [-0.1, -0.05) is 24.6 Å². The van der Waals surface area contributed by atoms with Crippen LogP contribution in [0, 0.1) is 5.92 Å². The highest BCUT2D eigenvalue weighted by Gasteiger charge is 2.44. The highest BCUT2D eigenvalue weighted by atomic mass is 16.8. The van der Waals surface area contributed by atoms with Crippen LogP contribution in [0.25, 0.3) is 0 Å². The van der Waals surface area contributed by atoms with E-state index in [2.05, 4.69) is 5.48 Å². The fourth-order valence-electron chi connectivity index (χ4n) is 3.23. The van der Waals surface area contributed by atoms with Crippen LogP contribution in [-0.4, -0.2) is 83.5 Å². The molecule has 10 heteroatoms. The minimum Gasteiger partial charge on any atom is -0.394 e. The van der Waals surface area contributed by atoms with Crippen molar-refractivity contribution in [3.8, 4) is 0 Å². The molecule has 182 valence electrons. The number of allylic oxidation sites excluding steroid dienone is 3. The zero-order valence-corrected chi connectivity index (χ0v) is 19.1. The van der Waals surface area contributed by atoms with Gasteiger partial charge in [-0.2, -0.15) is 0 Å². The minimum absolute atomic E-state index is 0.0524. The molecule has 5 N–H and O–H groups in total. The van der Waals surface area contributed by atoms with Crippen molar-refractivity contribution < 1.29 is 39.6 Å². The van der Waals surface area contributed by atoms with E-state index in [1.54, 1.807) is 32.1 Å². The van der Waals surface area contributed by atoms with Crippen molar-refractivity contribution in [1.82, 2.24) is 5.48 Å². The van der Waals surface area contributed by atoms with Gasteiger partial charge in [0, 0.05) is 37.3 Å². The standard InChI is InChI=1S/C23H32N2O8/c1-13(11-14(2)19(28)15-6-8-16(9-7-15)25(3)4)5-10-18(27)24-33-23-22(31)21(30)20(29)17(12-26)32-23/h5-11,14,17,20-23,26,29-31H,12H2,1-4H3,(H,24,27)/b10-5+,13-11+. The number of carbonyl (C=O) groups is 2. The van der Waals surface area contributed by atoms with E-state index in [9.17, 15) is 24.9 Å². The lowest BCUT2D eigenvalue weighted by atomic mass is 9.97. The third kappa shape index (κ3) is 7.19. The number of hydrogen-bond acceptors (Lipinski definition) is 9. The molecule has 1 aromatic rings. The van der Waals surface area contributed by atoms with Crippen LogP contribution in [0.1, 0.15) is 24.2 Å². The molecule has 1 aromatic carbocycles. The van der Waals surface area contributed by atoms with Crippen LogP contribution >= 0.6 is 0 Å². The first-order valence-corrected chi connectivity index (χ1v) is 10.5. The van der Waals surface area contributed by atoms with Crippen molar-refractivity contribution >= 4 is 17.4 Å².